The van der Waals surface area contributed by atoms with Gasteiger partial charge < -0.3 is 10.6 Å². The van der Waals surface area contributed by atoms with Gasteiger partial charge in [-0.05, 0) is 72.4 Å². The van der Waals surface area contributed by atoms with Gasteiger partial charge in [-0.15, -0.1) is 0 Å². The third-order valence-corrected chi connectivity index (χ3v) is 6.28. The Balaban J connectivity index is 1.57. The van der Waals surface area contributed by atoms with E-state index in [1.54, 1.807) is 30.6 Å². The summed E-state index contributed by atoms with van der Waals surface area (Å²) >= 11 is 9.60. The highest BCUT2D eigenvalue weighted by molar-refractivity contribution is 9.10. The molecule has 0 atom stereocenters. The third kappa shape index (κ3) is 4.00. The number of nitrogens with zero attached hydrogens (tertiary/aromatic N) is 5. The molecule has 4 aromatic rings. The predicted molar refractivity (Wildman–Crippen MR) is 127 cm³/mol. The van der Waals surface area contributed by atoms with Gasteiger partial charge in [0.25, 0.3) is 11.8 Å². The molecule has 0 unspecified atom stereocenters. The van der Waals surface area contributed by atoms with Crippen LogP contribution in [0.25, 0.3) is 11.3 Å². The Morgan fingerprint density at radius 2 is 1.97 bits per heavy atom. The first-order valence-corrected chi connectivity index (χ1v) is 11.4. The fraction of sp³-hybridized carbons (Fsp3) is 0.227. The van der Waals surface area contributed by atoms with Gasteiger partial charge in [-0.1, -0.05) is 11.6 Å². The van der Waals surface area contributed by atoms with Crippen LogP contribution in [0.5, 0.6) is 0 Å². The van der Waals surface area contributed by atoms with E-state index in [9.17, 15) is 9.59 Å². The van der Waals surface area contributed by atoms with E-state index in [1.165, 1.54) is 9.20 Å². The second kappa shape index (κ2) is 7.96. The van der Waals surface area contributed by atoms with Crippen LogP contribution in [0.2, 0.25) is 5.02 Å². The van der Waals surface area contributed by atoms with Crippen LogP contribution in [-0.2, 0) is 0 Å². The SMILES string of the molecule is Cc1cc2ccnn2c(C(=O)NC2(C)CC2)c1NC(=O)c1cc(Br)nn1-c1ncccc1Cl. The number of fused-ring (bicyclic) bond motifs is 1. The molecule has 2 N–H and O–H groups in total. The lowest BCUT2D eigenvalue weighted by Crippen LogP contribution is -2.36. The second-order valence-electron chi connectivity index (χ2n) is 8.26. The molecule has 0 aliphatic heterocycles. The van der Waals surface area contributed by atoms with Crippen molar-refractivity contribution in [3.8, 4) is 5.82 Å². The maximum atomic E-state index is 13.4. The second-order valence-corrected chi connectivity index (χ2v) is 9.48. The van der Waals surface area contributed by atoms with E-state index in [2.05, 4.69) is 41.7 Å². The molecule has 4 aromatic heterocycles. The van der Waals surface area contributed by atoms with E-state index < -0.39 is 5.91 Å². The first-order chi connectivity index (χ1) is 15.8. The Hall–Kier alpha value is -3.24. The average Bonchev–Trinajstić information content (AvgIpc) is 3.14. The summed E-state index contributed by atoms with van der Waals surface area (Å²) in [6.07, 6.45) is 5.00. The van der Waals surface area contributed by atoms with Crippen molar-refractivity contribution in [2.24, 2.45) is 0 Å². The fourth-order valence-corrected chi connectivity index (χ4v) is 4.17. The third-order valence-electron chi connectivity index (χ3n) is 5.60. The van der Waals surface area contributed by atoms with Gasteiger partial charge in [0, 0.05) is 17.8 Å². The maximum absolute atomic E-state index is 13.4. The Kier molecular flexibility index (Phi) is 5.21. The molecular formula is C22H19BrClN7O2. The minimum Gasteiger partial charge on any atom is -0.345 e. The topological polar surface area (TPSA) is 106 Å². The Morgan fingerprint density at radius 3 is 2.70 bits per heavy atom. The van der Waals surface area contributed by atoms with Gasteiger partial charge in [-0.3, -0.25) is 9.59 Å². The molecule has 11 heteroatoms. The zero-order chi connectivity index (χ0) is 23.3. The smallest absolute Gasteiger partial charge is 0.274 e. The van der Waals surface area contributed by atoms with Gasteiger partial charge in [0.2, 0.25) is 0 Å². The Bertz CT molecular complexity index is 1420. The summed E-state index contributed by atoms with van der Waals surface area (Å²) in [5, 5.41) is 14.9. The van der Waals surface area contributed by atoms with E-state index in [0.717, 1.165) is 23.9 Å². The zero-order valence-electron chi connectivity index (χ0n) is 17.8. The number of anilines is 1. The largest absolute Gasteiger partial charge is 0.345 e. The van der Waals surface area contributed by atoms with Gasteiger partial charge in [0.1, 0.15) is 10.3 Å². The molecule has 168 valence electrons. The number of carbonyl (C=O) groups excluding carboxylic acids is 2. The number of carbonyl (C=O) groups is 2. The van der Waals surface area contributed by atoms with Gasteiger partial charge in [-0.25, -0.2) is 14.2 Å². The number of halogens is 2. The van der Waals surface area contributed by atoms with Crippen LogP contribution in [-0.4, -0.2) is 41.7 Å². The zero-order valence-corrected chi connectivity index (χ0v) is 20.1. The number of aryl methyl sites for hydroxylation is 1. The summed E-state index contributed by atoms with van der Waals surface area (Å²) in [6, 6.07) is 8.59. The number of amides is 2. The summed E-state index contributed by atoms with van der Waals surface area (Å²) in [7, 11) is 0. The Morgan fingerprint density at radius 1 is 1.18 bits per heavy atom. The quantitative estimate of drug-likeness (QED) is 0.404. The highest BCUT2D eigenvalue weighted by Gasteiger charge is 2.40. The minimum atomic E-state index is -0.476. The number of aromatic nitrogens is 5. The average molecular weight is 529 g/mol. The van der Waals surface area contributed by atoms with Gasteiger partial charge in [0.05, 0.1) is 22.4 Å². The summed E-state index contributed by atoms with van der Waals surface area (Å²) in [5.74, 6) is -0.463. The van der Waals surface area contributed by atoms with Crippen molar-refractivity contribution in [2.45, 2.75) is 32.2 Å². The number of hydrogen-bond donors (Lipinski definition) is 2. The molecule has 0 aromatic carbocycles. The lowest BCUT2D eigenvalue weighted by atomic mass is 10.1. The summed E-state index contributed by atoms with van der Waals surface area (Å²) in [5.41, 5.74) is 2.07. The van der Waals surface area contributed by atoms with Crippen molar-refractivity contribution in [1.82, 2.24) is 29.7 Å². The molecule has 1 aliphatic carbocycles. The Labute approximate surface area is 202 Å². The molecule has 0 radical (unpaired) electrons. The molecule has 1 aliphatic rings. The predicted octanol–water partition coefficient (Wildman–Crippen LogP) is 4.17. The van der Waals surface area contributed by atoms with Crippen molar-refractivity contribution in [1.29, 1.82) is 0 Å². The molecule has 9 nitrogen and oxygen atoms in total. The number of hydrogen-bond acceptors (Lipinski definition) is 5. The molecule has 0 saturated heterocycles. The van der Waals surface area contributed by atoms with Crippen molar-refractivity contribution < 1.29 is 9.59 Å². The summed E-state index contributed by atoms with van der Waals surface area (Å²) in [6.45, 7) is 3.83. The van der Waals surface area contributed by atoms with E-state index in [-0.39, 0.29) is 22.8 Å². The highest BCUT2D eigenvalue weighted by Crippen LogP contribution is 2.35. The standard InChI is InChI=1S/C22H19BrClN7O2/c1-12-10-13-5-9-26-30(13)18(21(33)28-22(2)6-7-22)17(12)27-20(32)15-11-16(23)29-31(15)19-14(24)4-3-8-25-19/h3-5,8-11H,6-7H2,1-2H3,(H,27,32)(H,28,33). The lowest BCUT2D eigenvalue weighted by molar-refractivity contribution is 0.0929. The molecular weight excluding hydrogens is 510 g/mol. The highest BCUT2D eigenvalue weighted by atomic mass is 79.9. The van der Waals surface area contributed by atoms with Crippen molar-refractivity contribution in [3.63, 3.8) is 0 Å². The van der Waals surface area contributed by atoms with E-state index in [0.29, 0.717) is 21.1 Å². The molecule has 33 heavy (non-hydrogen) atoms. The minimum absolute atomic E-state index is 0.197. The maximum Gasteiger partial charge on any atom is 0.274 e. The van der Waals surface area contributed by atoms with Crippen LogP contribution in [0.15, 0.2) is 47.3 Å². The van der Waals surface area contributed by atoms with Crippen LogP contribution < -0.4 is 10.6 Å². The van der Waals surface area contributed by atoms with Crippen LogP contribution in [0, 0.1) is 6.92 Å². The first kappa shape index (κ1) is 21.6. The van der Waals surface area contributed by atoms with Gasteiger partial charge in [-0.2, -0.15) is 10.2 Å². The summed E-state index contributed by atoms with van der Waals surface area (Å²) < 4.78 is 3.33. The van der Waals surface area contributed by atoms with Crippen molar-refractivity contribution in [2.75, 3.05) is 5.32 Å². The van der Waals surface area contributed by atoms with Crippen LogP contribution >= 0.6 is 27.5 Å². The number of rotatable bonds is 5. The van der Waals surface area contributed by atoms with E-state index in [4.69, 9.17) is 11.6 Å². The van der Waals surface area contributed by atoms with Crippen LogP contribution in [0.4, 0.5) is 5.69 Å². The normalized spacial score (nSPS) is 14.3. The molecule has 1 fully saturated rings. The summed E-state index contributed by atoms with van der Waals surface area (Å²) in [4.78, 5) is 30.9. The molecule has 1 saturated carbocycles. The lowest BCUT2D eigenvalue weighted by Gasteiger charge is -2.18. The molecule has 2 amide bonds. The van der Waals surface area contributed by atoms with Crippen molar-refractivity contribution in [3.05, 3.63) is 69.3 Å². The van der Waals surface area contributed by atoms with Crippen molar-refractivity contribution >= 4 is 50.5 Å². The van der Waals surface area contributed by atoms with Crippen LogP contribution in [0.1, 0.15) is 46.3 Å². The van der Waals surface area contributed by atoms with E-state index >= 15 is 0 Å². The molecule has 5 rings (SSSR count). The van der Waals surface area contributed by atoms with Crippen LogP contribution in [0.3, 0.4) is 0 Å². The molecule has 4 heterocycles. The number of pyridine rings is 2. The monoisotopic (exact) mass is 527 g/mol. The molecule has 0 spiro atoms. The first-order valence-electron chi connectivity index (χ1n) is 10.2. The molecule has 0 bridgehead atoms. The van der Waals surface area contributed by atoms with E-state index in [1.807, 2.05) is 26.0 Å². The fourth-order valence-electron chi connectivity index (χ4n) is 3.60. The van der Waals surface area contributed by atoms with Gasteiger partial charge in [0.15, 0.2) is 11.5 Å². The van der Waals surface area contributed by atoms with Gasteiger partial charge >= 0.3 is 0 Å². The number of nitrogens with one attached hydrogen (secondary N) is 2.